The van der Waals surface area contributed by atoms with Crippen molar-refractivity contribution in [1.82, 2.24) is 0 Å². The van der Waals surface area contributed by atoms with Crippen molar-refractivity contribution in [1.29, 1.82) is 0 Å². The van der Waals surface area contributed by atoms with Gasteiger partial charge in [0.05, 0.1) is 0 Å². The second-order valence-corrected chi connectivity index (χ2v) is 0.577. The number of hydrogen-bond donors (Lipinski definition) is 0. The van der Waals surface area contributed by atoms with Crippen LogP contribution >= 0.6 is 0 Å². The van der Waals surface area contributed by atoms with Gasteiger partial charge in [-0.2, -0.15) is 0 Å². The van der Waals surface area contributed by atoms with Crippen molar-refractivity contribution in [2.45, 2.75) is 6.92 Å². The molecule has 0 aromatic heterocycles. The van der Waals surface area contributed by atoms with Crippen molar-refractivity contribution < 1.29 is 35.7 Å². The maximum Gasteiger partial charge on any atom is 1.00 e. The monoisotopic (exact) mass is 114 g/mol. The fourth-order valence-electron chi connectivity index (χ4n) is 0. The Morgan fingerprint density at radius 1 is 1.67 bits per heavy atom. The predicted octanol–water partition coefficient (Wildman–Crippen LogP) is -3.41. The maximum atomic E-state index is 4.54. The Hall–Kier alpha value is 1.49. The standard InChI is InChI=1S/C3H8O.Al.Na.4H/c1-3-4-2;;;;;;/h3H2,1-2H3;;;;;;/q;;+1;;;;-1. The van der Waals surface area contributed by atoms with Crippen LogP contribution < -0.4 is 29.6 Å². The van der Waals surface area contributed by atoms with Gasteiger partial charge < -0.3 is 6.16 Å². The average molecular weight is 114 g/mol. The fraction of sp³-hybridized carbons (Fsp3) is 1.00. The van der Waals surface area contributed by atoms with Gasteiger partial charge in [0.1, 0.15) is 0 Å². The molecule has 0 aliphatic carbocycles. The Kier molecular flexibility index (Phi) is 41.9. The minimum absolute atomic E-state index is 0. The van der Waals surface area contributed by atoms with Gasteiger partial charge in [-0.1, -0.05) is 0 Å². The van der Waals surface area contributed by atoms with Crippen molar-refractivity contribution in [3.63, 3.8) is 0 Å². The molecule has 3 heteroatoms. The molecule has 0 aliphatic heterocycles. The molecule has 34 valence electrons. The molecule has 0 fully saturated rings. The number of methoxy groups -OCH3 is 1. The van der Waals surface area contributed by atoms with Crippen LogP contribution in [-0.4, -0.2) is 31.1 Å². The fourth-order valence-corrected chi connectivity index (χ4v) is 0. The van der Waals surface area contributed by atoms with Gasteiger partial charge in [-0.25, -0.2) is 0 Å². The van der Waals surface area contributed by atoms with E-state index < -0.39 is 0 Å². The Bertz CT molecular complexity index is 16.9. The van der Waals surface area contributed by atoms with Gasteiger partial charge in [-0.15, -0.1) is 0 Å². The van der Waals surface area contributed by atoms with Crippen molar-refractivity contribution in [3.05, 3.63) is 0 Å². The second kappa shape index (κ2) is 16.1. The molecule has 0 bridgehead atoms. The summed E-state index contributed by atoms with van der Waals surface area (Å²) in [6, 6.07) is 0. The van der Waals surface area contributed by atoms with Crippen molar-refractivity contribution >= 4 is 17.4 Å². The van der Waals surface area contributed by atoms with E-state index in [1.54, 1.807) is 7.11 Å². The molecule has 0 saturated carbocycles. The second-order valence-electron chi connectivity index (χ2n) is 0.577. The molecule has 0 aliphatic rings. The Labute approximate surface area is 73.4 Å². The summed E-state index contributed by atoms with van der Waals surface area (Å²) in [6.45, 7) is 2.78. The first-order chi connectivity index (χ1) is 1.91. The quantitative estimate of drug-likeness (QED) is 0.323. The number of rotatable bonds is 1. The Morgan fingerprint density at radius 2 is 1.83 bits per heavy atom. The van der Waals surface area contributed by atoms with Gasteiger partial charge in [-0.05, 0) is 6.92 Å². The summed E-state index contributed by atoms with van der Waals surface area (Å²) < 4.78 is 4.54. The third-order valence-electron chi connectivity index (χ3n) is 0.289. The van der Waals surface area contributed by atoms with Gasteiger partial charge in [0.25, 0.3) is 0 Å². The SMILES string of the molecule is CCOC.[AlH3].[H-].[Na+]. The third-order valence-corrected chi connectivity index (χ3v) is 0.289. The van der Waals surface area contributed by atoms with E-state index in [1.807, 2.05) is 6.92 Å². The summed E-state index contributed by atoms with van der Waals surface area (Å²) >= 11 is 0. The largest absolute Gasteiger partial charge is 1.00 e. The molecule has 1 nitrogen and oxygen atoms in total. The van der Waals surface area contributed by atoms with Crippen molar-refractivity contribution in [3.8, 4) is 0 Å². The summed E-state index contributed by atoms with van der Waals surface area (Å²) in [5, 5.41) is 0. The maximum absolute atomic E-state index is 4.54. The predicted molar refractivity (Wildman–Crippen MR) is 28.6 cm³/mol. The van der Waals surface area contributed by atoms with E-state index in [9.17, 15) is 0 Å². The zero-order valence-corrected chi connectivity index (χ0v) is 6.12. The molecule has 0 aromatic carbocycles. The van der Waals surface area contributed by atoms with Crippen LogP contribution in [0.1, 0.15) is 8.35 Å². The van der Waals surface area contributed by atoms with E-state index in [0.29, 0.717) is 0 Å². The number of ether oxygens (including phenoxy) is 1. The molecule has 0 atom stereocenters. The van der Waals surface area contributed by atoms with Crippen LogP contribution in [0.3, 0.4) is 0 Å². The summed E-state index contributed by atoms with van der Waals surface area (Å²) in [4.78, 5) is 0. The minimum Gasteiger partial charge on any atom is -1.00 e. The topological polar surface area (TPSA) is 9.23 Å². The smallest absolute Gasteiger partial charge is 1.00 e. The van der Waals surface area contributed by atoms with Crippen molar-refractivity contribution in [2.24, 2.45) is 0 Å². The van der Waals surface area contributed by atoms with E-state index in [4.69, 9.17) is 0 Å². The average Bonchev–Trinajstić information content (AvgIpc) is 1.37. The number of hydrogen-bond acceptors (Lipinski definition) is 1. The summed E-state index contributed by atoms with van der Waals surface area (Å²) in [7, 11) is 1.68. The molecule has 0 rings (SSSR count). The molecule has 0 unspecified atom stereocenters. The Balaban J connectivity index is -0.0000000150. The molecule has 0 spiro atoms. The molecule has 0 aromatic rings. The summed E-state index contributed by atoms with van der Waals surface area (Å²) in [5.74, 6) is 0. The first-order valence-corrected chi connectivity index (χ1v) is 1.40. The van der Waals surface area contributed by atoms with Crippen LogP contribution in [0.4, 0.5) is 0 Å². The van der Waals surface area contributed by atoms with Gasteiger partial charge in [-0.3, -0.25) is 0 Å². The van der Waals surface area contributed by atoms with Crippen LogP contribution in [0.25, 0.3) is 0 Å². The van der Waals surface area contributed by atoms with E-state index in [0.717, 1.165) is 6.61 Å². The molecule has 0 amide bonds. The molecule has 0 N–H and O–H groups in total. The minimum atomic E-state index is 0. The van der Waals surface area contributed by atoms with E-state index in [-0.39, 0.29) is 48.3 Å². The molecule has 0 radical (unpaired) electrons. The Morgan fingerprint density at radius 3 is 1.83 bits per heavy atom. The molecule has 6 heavy (non-hydrogen) atoms. The van der Waals surface area contributed by atoms with E-state index in [2.05, 4.69) is 4.74 Å². The van der Waals surface area contributed by atoms with Crippen LogP contribution in [0, 0.1) is 0 Å². The van der Waals surface area contributed by atoms with Gasteiger partial charge in [0, 0.05) is 13.7 Å². The normalized spacial score (nSPS) is 5.00. The van der Waals surface area contributed by atoms with Gasteiger partial charge in [0.15, 0.2) is 17.4 Å². The zero-order chi connectivity index (χ0) is 3.41. The van der Waals surface area contributed by atoms with E-state index in [1.165, 1.54) is 0 Å². The molecule has 0 saturated heterocycles. The van der Waals surface area contributed by atoms with Crippen LogP contribution in [0.15, 0.2) is 0 Å². The first kappa shape index (κ1) is 15.6. The van der Waals surface area contributed by atoms with Crippen molar-refractivity contribution in [2.75, 3.05) is 13.7 Å². The summed E-state index contributed by atoms with van der Waals surface area (Å²) in [5.41, 5.74) is 0. The van der Waals surface area contributed by atoms with Gasteiger partial charge in [0.2, 0.25) is 0 Å². The molecular weight excluding hydrogens is 102 g/mol. The first-order valence-electron chi connectivity index (χ1n) is 1.40. The van der Waals surface area contributed by atoms with Crippen LogP contribution in [0.2, 0.25) is 0 Å². The molecule has 0 heterocycles. The van der Waals surface area contributed by atoms with Crippen LogP contribution in [-0.2, 0) is 4.74 Å². The van der Waals surface area contributed by atoms with Crippen LogP contribution in [0.5, 0.6) is 0 Å². The third kappa shape index (κ3) is 17.8. The van der Waals surface area contributed by atoms with E-state index >= 15 is 0 Å². The summed E-state index contributed by atoms with van der Waals surface area (Å²) in [6.07, 6.45) is 0. The van der Waals surface area contributed by atoms with Gasteiger partial charge >= 0.3 is 29.6 Å². The zero-order valence-electron chi connectivity index (χ0n) is 5.12. The molecular formula is C3H12AlNaO.